The molecule has 0 bridgehead atoms. The molecule has 5 nitrogen and oxygen atoms in total. The van der Waals surface area contributed by atoms with Gasteiger partial charge >= 0.3 is 0 Å². The van der Waals surface area contributed by atoms with E-state index in [4.69, 9.17) is 0 Å². The zero-order chi connectivity index (χ0) is 23.2. The van der Waals surface area contributed by atoms with Crippen LogP contribution < -0.4 is 5.32 Å². The molecule has 176 valence electrons. The second kappa shape index (κ2) is 11.2. The number of hydrogen-bond acceptors (Lipinski definition) is 4. The van der Waals surface area contributed by atoms with Gasteiger partial charge in [0.05, 0.1) is 0 Å². The van der Waals surface area contributed by atoms with Gasteiger partial charge in [-0.2, -0.15) is 0 Å². The Morgan fingerprint density at radius 2 is 1.85 bits per heavy atom. The third-order valence-electron chi connectivity index (χ3n) is 6.37. The summed E-state index contributed by atoms with van der Waals surface area (Å²) in [7, 11) is 0. The first-order chi connectivity index (χ1) is 16.0. The van der Waals surface area contributed by atoms with Crippen LogP contribution in [0.5, 0.6) is 0 Å². The number of likely N-dealkylation sites (tertiary alicyclic amines) is 1. The van der Waals surface area contributed by atoms with E-state index in [1.54, 1.807) is 11.0 Å². The molecule has 2 fully saturated rings. The Balaban J connectivity index is 1.37. The highest BCUT2D eigenvalue weighted by atomic mass is 32.2. The largest absolute Gasteiger partial charge is 0.351 e. The number of rotatable bonds is 7. The third-order valence-corrected chi connectivity index (χ3v) is 7.69. The molecule has 1 N–H and O–H groups in total. The van der Waals surface area contributed by atoms with E-state index in [1.165, 1.54) is 29.5 Å². The minimum atomic E-state index is -0.523. The molecule has 2 aliphatic heterocycles. The van der Waals surface area contributed by atoms with Crippen molar-refractivity contribution in [2.24, 2.45) is 0 Å². The smallest absolute Gasteiger partial charge is 0.243 e. The van der Waals surface area contributed by atoms with Gasteiger partial charge in [0.1, 0.15) is 17.2 Å². The van der Waals surface area contributed by atoms with Crippen molar-refractivity contribution in [1.82, 2.24) is 15.1 Å². The lowest BCUT2D eigenvalue weighted by Gasteiger charge is -2.34. The van der Waals surface area contributed by atoms with Crippen LogP contribution >= 0.6 is 11.8 Å². The van der Waals surface area contributed by atoms with Gasteiger partial charge in [0.2, 0.25) is 11.8 Å². The van der Waals surface area contributed by atoms with E-state index in [-0.39, 0.29) is 29.0 Å². The number of thioether (sulfide) groups is 1. The van der Waals surface area contributed by atoms with Crippen molar-refractivity contribution in [3.8, 4) is 0 Å². The van der Waals surface area contributed by atoms with Crippen LogP contribution in [0.1, 0.15) is 49.1 Å². The van der Waals surface area contributed by atoms with Gasteiger partial charge in [-0.15, -0.1) is 11.8 Å². The molecule has 2 aromatic rings. The summed E-state index contributed by atoms with van der Waals surface area (Å²) in [5, 5.41) is 2.88. The predicted octanol–water partition coefficient (Wildman–Crippen LogP) is 4.35. The highest BCUT2D eigenvalue weighted by molar-refractivity contribution is 7.99. The molecule has 0 spiro atoms. The standard InChI is InChI=1S/C26H32FN3O2S/c1-2-7-24(31)30-23(18-33-26(30)20-10-6-11-21(27)16-20)25(32)28-22-12-14-29(15-13-22)17-19-8-4-3-5-9-19/h3-6,8-11,16,22-23,26H,2,7,12-15,17-18H2,1H3,(H,28,32). The molecule has 2 heterocycles. The number of hydrogen-bond donors (Lipinski definition) is 1. The molecule has 0 radical (unpaired) electrons. The Bertz CT molecular complexity index is 950. The molecular formula is C26H32FN3O2S. The summed E-state index contributed by atoms with van der Waals surface area (Å²) in [5.74, 6) is 0.0584. The molecule has 2 aromatic carbocycles. The highest BCUT2D eigenvalue weighted by Crippen LogP contribution is 2.42. The van der Waals surface area contributed by atoms with Gasteiger partial charge < -0.3 is 10.2 Å². The maximum absolute atomic E-state index is 13.8. The van der Waals surface area contributed by atoms with E-state index in [1.807, 2.05) is 19.1 Å². The van der Waals surface area contributed by atoms with Crippen molar-refractivity contribution in [3.05, 3.63) is 71.5 Å². The second-order valence-electron chi connectivity index (χ2n) is 8.85. The first kappa shape index (κ1) is 23.8. The van der Waals surface area contributed by atoms with Gasteiger partial charge in [-0.1, -0.05) is 49.4 Å². The average molecular weight is 470 g/mol. The van der Waals surface area contributed by atoms with Crippen molar-refractivity contribution in [2.75, 3.05) is 18.8 Å². The number of benzene rings is 2. The Hall–Kier alpha value is -2.38. The zero-order valence-corrected chi connectivity index (χ0v) is 19.9. The minimum absolute atomic E-state index is 0.0467. The molecule has 2 amide bonds. The normalized spacial score (nSPS) is 21.8. The van der Waals surface area contributed by atoms with Gasteiger partial charge in [-0.3, -0.25) is 14.5 Å². The predicted molar refractivity (Wildman–Crippen MR) is 130 cm³/mol. The molecule has 2 unspecified atom stereocenters. The van der Waals surface area contributed by atoms with E-state index < -0.39 is 6.04 Å². The maximum atomic E-state index is 13.8. The molecule has 2 atom stereocenters. The van der Waals surface area contributed by atoms with Crippen LogP contribution in [0.3, 0.4) is 0 Å². The first-order valence-corrected chi connectivity index (χ1v) is 12.8. The highest BCUT2D eigenvalue weighted by Gasteiger charge is 2.42. The quantitative estimate of drug-likeness (QED) is 0.655. The van der Waals surface area contributed by atoms with Crippen LogP contribution in [0.4, 0.5) is 4.39 Å². The molecule has 0 aromatic heterocycles. The SMILES string of the molecule is CCCC(=O)N1C(C(=O)NC2CCN(Cc3ccccc3)CC2)CSC1c1cccc(F)c1. The van der Waals surface area contributed by atoms with Crippen LogP contribution in [-0.2, 0) is 16.1 Å². The summed E-state index contributed by atoms with van der Waals surface area (Å²) in [6.45, 7) is 4.75. The number of halogens is 1. The Morgan fingerprint density at radius 3 is 2.55 bits per heavy atom. The van der Waals surface area contributed by atoms with Crippen molar-refractivity contribution >= 4 is 23.6 Å². The van der Waals surface area contributed by atoms with E-state index >= 15 is 0 Å². The lowest BCUT2D eigenvalue weighted by molar-refractivity contribution is -0.140. The summed E-state index contributed by atoms with van der Waals surface area (Å²) < 4.78 is 13.8. The Kier molecular flexibility index (Phi) is 8.04. The molecule has 7 heteroatoms. The topological polar surface area (TPSA) is 52.7 Å². The van der Waals surface area contributed by atoms with Gasteiger partial charge in [0.25, 0.3) is 0 Å². The minimum Gasteiger partial charge on any atom is -0.351 e. The fourth-order valence-electron chi connectivity index (χ4n) is 4.65. The van der Waals surface area contributed by atoms with Crippen molar-refractivity contribution < 1.29 is 14.0 Å². The number of piperidine rings is 1. The molecule has 2 aliphatic rings. The lowest BCUT2D eigenvalue weighted by Crippen LogP contribution is -2.52. The molecule has 4 rings (SSSR count). The van der Waals surface area contributed by atoms with Crippen LogP contribution in [0.15, 0.2) is 54.6 Å². The van der Waals surface area contributed by atoms with Gasteiger partial charge in [-0.05, 0) is 42.5 Å². The maximum Gasteiger partial charge on any atom is 0.243 e. The van der Waals surface area contributed by atoms with Crippen LogP contribution in [0, 0.1) is 5.82 Å². The molecule has 0 saturated carbocycles. The fourth-order valence-corrected chi connectivity index (χ4v) is 6.09. The monoisotopic (exact) mass is 469 g/mol. The van der Waals surface area contributed by atoms with Gasteiger partial charge in [0.15, 0.2) is 0 Å². The number of nitrogens with one attached hydrogen (secondary N) is 1. The van der Waals surface area contributed by atoms with Crippen LogP contribution in [-0.4, -0.2) is 52.5 Å². The summed E-state index contributed by atoms with van der Waals surface area (Å²) in [5.41, 5.74) is 2.03. The molecular weight excluding hydrogens is 437 g/mol. The summed E-state index contributed by atoms with van der Waals surface area (Å²) in [6, 6.07) is 16.4. The van der Waals surface area contributed by atoms with Crippen LogP contribution in [0.25, 0.3) is 0 Å². The van der Waals surface area contributed by atoms with Crippen molar-refractivity contribution in [1.29, 1.82) is 0 Å². The van der Waals surface area contributed by atoms with Crippen LogP contribution in [0.2, 0.25) is 0 Å². The summed E-state index contributed by atoms with van der Waals surface area (Å²) in [4.78, 5) is 30.3. The summed E-state index contributed by atoms with van der Waals surface area (Å²) >= 11 is 1.54. The van der Waals surface area contributed by atoms with E-state index in [0.717, 1.165) is 38.0 Å². The van der Waals surface area contributed by atoms with Gasteiger partial charge in [-0.25, -0.2) is 4.39 Å². The zero-order valence-electron chi connectivity index (χ0n) is 19.1. The van der Waals surface area contributed by atoms with E-state index in [9.17, 15) is 14.0 Å². The molecule has 0 aliphatic carbocycles. The Morgan fingerprint density at radius 1 is 1.09 bits per heavy atom. The average Bonchev–Trinajstić information content (AvgIpc) is 3.27. The molecule has 33 heavy (non-hydrogen) atoms. The summed E-state index contributed by atoms with van der Waals surface area (Å²) in [6.07, 6.45) is 2.89. The number of amides is 2. The van der Waals surface area contributed by atoms with Crippen molar-refractivity contribution in [3.63, 3.8) is 0 Å². The number of nitrogens with zero attached hydrogens (tertiary/aromatic N) is 2. The Labute approximate surface area is 199 Å². The number of carbonyl (C=O) groups is 2. The second-order valence-corrected chi connectivity index (χ2v) is 9.97. The van der Waals surface area contributed by atoms with E-state index in [0.29, 0.717) is 18.6 Å². The van der Waals surface area contributed by atoms with E-state index in [2.05, 4.69) is 34.5 Å². The fraction of sp³-hybridized carbons (Fsp3) is 0.462. The molecule has 2 saturated heterocycles. The van der Waals surface area contributed by atoms with Crippen molar-refractivity contribution in [2.45, 2.75) is 56.6 Å². The number of carbonyl (C=O) groups excluding carboxylic acids is 2. The lowest BCUT2D eigenvalue weighted by atomic mass is 10.0. The van der Waals surface area contributed by atoms with Gasteiger partial charge in [0, 0.05) is 37.8 Å². The third kappa shape index (κ3) is 5.95. The first-order valence-electron chi connectivity index (χ1n) is 11.8.